The van der Waals surface area contributed by atoms with Crippen LogP contribution < -0.4 is 0 Å². The van der Waals surface area contributed by atoms with Gasteiger partial charge in [0, 0.05) is 30.8 Å². The Bertz CT molecular complexity index is 866. The van der Waals surface area contributed by atoms with Gasteiger partial charge in [-0.1, -0.05) is 24.3 Å². The van der Waals surface area contributed by atoms with E-state index in [4.69, 9.17) is 0 Å². The lowest BCUT2D eigenvalue weighted by Crippen LogP contribution is -2.51. The number of benzene rings is 2. The molecule has 0 atom stereocenters. The van der Waals surface area contributed by atoms with Gasteiger partial charge in [0.1, 0.15) is 12.4 Å². The van der Waals surface area contributed by atoms with Gasteiger partial charge >= 0.3 is 0 Å². The summed E-state index contributed by atoms with van der Waals surface area (Å²) in [6.45, 7) is 2.51. The topological polar surface area (TPSA) is 57.7 Å². The molecular formula is C20H19FN2O3. The summed E-state index contributed by atoms with van der Waals surface area (Å²) in [4.78, 5) is 39.6. The maximum atomic E-state index is 13.3. The van der Waals surface area contributed by atoms with Gasteiger partial charge in [0.2, 0.25) is 5.91 Å². The fourth-order valence-electron chi connectivity index (χ4n) is 2.96. The molecule has 134 valence electrons. The monoisotopic (exact) mass is 354 g/mol. The first-order valence-corrected chi connectivity index (χ1v) is 8.36. The van der Waals surface area contributed by atoms with Gasteiger partial charge in [0.15, 0.2) is 5.78 Å². The van der Waals surface area contributed by atoms with E-state index in [1.807, 2.05) is 0 Å². The van der Waals surface area contributed by atoms with E-state index in [0.717, 1.165) is 0 Å². The molecule has 0 spiro atoms. The maximum Gasteiger partial charge on any atom is 0.254 e. The number of carbonyl (C=O) groups is 3. The first kappa shape index (κ1) is 17.8. The Morgan fingerprint density at radius 2 is 1.77 bits per heavy atom. The van der Waals surface area contributed by atoms with Gasteiger partial charge in [0.05, 0.1) is 0 Å². The van der Waals surface area contributed by atoms with Crippen molar-refractivity contribution in [1.29, 1.82) is 0 Å². The van der Waals surface area contributed by atoms with E-state index in [1.165, 1.54) is 24.0 Å². The van der Waals surface area contributed by atoms with Crippen molar-refractivity contribution >= 4 is 17.6 Å². The van der Waals surface area contributed by atoms with Crippen LogP contribution in [0.4, 0.5) is 4.39 Å². The van der Waals surface area contributed by atoms with Gasteiger partial charge in [-0.05, 0) is 36.8 Å². The Kier molecular flexibility index (Phi) is 5.11. The maximum absolute atomic E-state index is 13.3. The summed E-state index contributed by atoms with van der Waals surface area (Å²) in [5, 5.41) is 0. The minimum Gasteiger partial charge on any atom is -0.335 e. The number of nitrogens with zero attached hydrogens (tertiary/aromatic N) is 2. The summed E-state index contributed by atoms with van der Waals surface area (Å²) in [6, 6.07) is 12.6. The first-order valence-electron chi connectivity index (χ1n) is 8.36. The second-order valence-corrected chi connectivity index (χ2v) is 6.31. The summed E-state index contributed by atoms with van der Waals surface area (Å²) < 4.78 is 13.3. The molecular weight excluding hydrogens is 335 g/mol. The molecule has 0 N–H and O–H groups in total. The van der Waals surface area contributed by atoms with Crippen LogP contribution in [0.25, 0.3) is 0 Å². The van der Waals surface area contributed by atoms with Crippen LogP contribution in [0.1, 0.15) is 33.2 Å². The van der Waals surface area contributed by atoms with Gasteiger partial charge in [-0.15, -0.1) is 0 Å². The normalized spacial score (nSPS) is 14.5. The lowest BCUT2D eigenvalue weighted by Gasteiger charge is -2.34. The highest BCUT2D eigenvalue weighted by Crippen LogP contribution is 2.14. The van der Waals surface area contributed by atoms with Crippen molar-refractivity contribution in [3.05, 3.63) is 71.0 Å². The molecule has 1 saturated heterocycles. The molecule has 26 heavy (non-hydrogen) atoms. The quantitative estimate of drug-likeness (QED) is 0.793. The molecule has 0 bridgehead atoms. The van der Waals surface area contributed by atoms with Crippen LogP contribution in [0.15, 0.2) is 48.5 Å². The molecule has 1 aliphatic rings. The minimum absolute atomic E-state index is 0.0293. The van der Waals surface area contributed by atoms with E-state index in [0.29, 0.717) is 36.3 Å². The Balaban J connectivity index is 1.66. The molecule has 2 aromatic carbocycles. The van der Waals surface area contributed by atoms with Crippen LogP contribution in [0.2, 0.25) is 0 Å². The number of carbonyl (C=O) groups excluding carboxylic acids is 3. The zero-order chi connectivity index (χ0) is 18.7. The number of halogens is 1. The van der Waals surface area contributed by atoms with Crippen LogP contribution in [0.3, 0.4) is 0 Å². The van der Waals surface area contributed by atoms with E-state index in [2.05, 4.69) is 0 Å². The van der Waals surface area contributed by atoms with Gasteiger partial charge in [0.25, 0.3) is 5.91 Å². The predicted molar refractivity (Wildman–Crippen MR) is 94.2 cm³/mol. The summed E-state index contributed by atoms with van der Waals surface area (Å²) >= 11 is 0. The molecule has 2 amide bonds. The van der Waals surface area contributed by atoms with Crippen molar-refractivity contribution in [2.45, 2.75) is 13.5 Å². The van der Waals surface area contributed by atoms with Crippen LogP contribution >= 0.6 is 0 Å². The van der Waals surface area contributed by atoms with E-state index < -0.39 is 0 Å². The molecule has 2 aromatic rings. The van der Waals surface area contributed by atoms with E-state index in [-0.39, 0.29) is 30.0 Å². The number of rotatable bonds is 4. The smallest absolute Gasteiger partial charge is 0.254 e. The number of ketones is 1. The average Bonchev–Trinajstić information content (AvgIpc) is 2.63. The molecule has 6 heteroatoms. The van der Waals surface area contributed by atoms with Crippen molar-refractivity contribution in [2.24, 2.45) is 0 Å². The second-order valence-electron chi connectivity index (χ2n) is 6.31. The molecule has 5 nitrogen and oxygen atoms in total. The lowest BCUT2D eigenvalue weighted by molar-refractivity contribution is -0.135. The number of piperazine rings is 1. The number of hydrogen-bond donors (Lipinski definition) is 0. The predicted octanol–water partition coefficient (Wildman–Crippen LogP) is 2.51. The number of Topliss-reactive ketones (excluding diaryl/α,β-unsaturated/α-hetero) is 1. The molecule has 0 radical (unpaired) electrons. The third kappa shape index (κ3) is 3.96. The van der Waals surface area contributed by atoms with Crippen molar-refractivity contribution in [2.75, 3.05) is 19.6 Å². The molecule has 3 rings (SSSR count). The number of amides is 2. The molecule has 1 heterocycles. The van der Waals surface area contributed by atoms with Gasteiger partial charge < -0.3 is 9.80 Å². The molecule has 0 aliphatic carbocycles. The van der Waals surface area contributed by atoms with Gasteiger partial charge in [-0.25, -0.2) is 4.39 Å². The number of hydrogen-bond acceptors (Lipinski definition) is 3. The van der Waals surface area contributed by atoms with Gasteiger partial charge in [-0.2, -0.15) is 0 Å². The largest absolute Gasteiger partial charge is 0.335 e. The van der Waals surface area contributed by atoms with Crippen molar-refractivity contribution < 1.29 is 18.8 Å². The van der Waals surface area contributed by atoms with E-state index in [1.54, 1.807) is 41.3 Å². The highest BCUT2D eigenvalue weighted by molar-refractivity contribution is 6.00. The van der Waals surface area contributed by atoms with Crippen LogP contribution in [0.5, 0.6) is 0 Å². The second kappa shape index (κ2) is 7.47. The fourth-order valence-corrected chi connectivity index (χ4v) is 2.96. The minimum atomic E-state index is -0.339. The summed E-state index contributed by atoms with van der Waals surface area (Å²) in [5.74, 6) is -0.909. The Labute approximate surface area is 151 Å². The van der Waals surface area contributed by atoms with Crippen LogP contribution in [0, 0.1) is 5.82 Å². The zero-order valence-corrected chi connectivity index (χ0v) is 14.4. The highest BCUT2D eigenvalue weighted by Gasteiger charge is 2.28. The van der Waals surface area contributed by atoms with Crippen molar-refractivity contribution in [3.8, 4) is 0 Å². The van der Waals surface area contributed by atoms with E-state index in [9.17, 15) is 18.8 Å². The van der Waals surface area contributed by atoms with Crippen molar-refractivity contribution in [3.63, 3.8) is 0 Å². The molecule has 0 aromatic heterocycles. The van der Waals surface area contributed by atoms with E-state index >= 15 is 0 Å². The standard InChI is InChI=1S/C20H19FN2O3/c1-14(24)16-5-3-6-17(11-16)20(26)23-9-8-22(19(25)13-23)12-15-4-2-7-18(21)10-15/h2-7,10-11H,8-9,12-13H2,1H3. The average molecular weight is 354 g/mol. The summed E-state index contributed by atoms with van der Waals surface area (Å²) in [6.07, 6.45) is 0. The summed E-state index contributed by atoms with van der Waals surface area (Å²) in [5.41, 5.74) is 1.57. The molecule has 1 aliphatic heterocycles. The molecule has 0 saturated carbocycles. The zero-order valence-electron chi connectivity index (χ0n) is 14.4. The Morgan fingerprint density at radius 1 is 1.04 bits per heavy atom. The Morgan fingerprint density at radius 3 is 2.46 bits per heavy atom. The Hall–Kier alpha value is -3.02. The highest BCUT2D eigenvalue weighted by atomic mass is 19.1. The van der Waals surface area contributed by atoms with Crippen LogP contribution in [-0.2, 0) is 11.3 Å². The third-order valence-electron chi connectivity index (χ3n) is 4.38. The van der Waals surface area contributed by atoms with Crippen LogP contribution in [-0.4, -0.2) is 47.0 Å². The molecule has 0 unspecified atom stereocenters. The lowest BCUT2D eigenvalue weighted by atomic mass is 10.1. The SMILES string of the molecule is CC(=O)c1cccc(C(=O)N2CCN(Cc3cccc(F)c3)C(=O)C2)c1. The van der Waals surface area contributed by atoms with Crippen molar-refractivity contribution in [1.82, 2.24) is 9.80 Å². The molecule has 1 fully saturated rings. The fraction of sp³-hybridized carbons (Fsp3) is 0.250. The summed E-state index contributed by atoms with van der Waals surface area (Å²) in [7, 11) is 0. The first-order chi connectivity index (χ1) is 12.4. The van der Waals surface area contributed by atoms with Gasteiger partial charge in [-0.3, -0.25) is 14.4 Å². The third-order valence-corrected chi connectivity index (χ3v) is 4.38.